The van der Waals surface area contributed by atoms with Gasteiger partial charge in [0.25, 0.3) is 0 Å². The van der Waals surface area contributed by atoms with Gasteiger partial charge in [-0.2, -0.15) is 0 Å². The minimum atomic E-state index is 0.618. The van der Waals surface area contributed by atoms with E-state index >= 15 is 0 Å². The molecule has 0 N–H and O–H groups in total. The van der Waals surface area contributed by atoms with Crippen molar-refractivity contribution in [3.8, 4) is 67.0 Å². The highest BCUT2D eigenvalue weighted by Gasteiger charge is 2.17. The van der Waals surface area contributed by atoms with Crippen LogP contribution in [0.3, 0.4) is 0 Å². The summed E-state index contributed by atoms with van der Waals surface area (Å²) in [7, 11) is 0. The van der Waals surface area contributed by atoms with E-state index in [9.17, 15) is 0 Å². The molecular weight excluding hydrogens is 665 g/mol. The van der Waals surface area contributed by atoms with Crippen molar-refractivity contribution in [3.05, 3.63) is 182 Å². The lowest BCUT2D eigenvalue weighted by atomic mass is 9.90. The summed E-state index contributed by atoms with van der Waals surface area (Å²) in [4.78, 5) is 20.3. The SMILES string of the molecule is c1ccc(-c2nc(-c3ccccc3)nc(-c3cc(-c4ccc5sc(-c6ccccc6)nc5c4)cc(-c4cc5ccccc5c5ccccc45)c3)n2)cc1. The van der Waals surface area contributed by atoms with E-state index < -0.39 is 0 Å². The number of fused-ring (bicyclic) bond motifs is 4. The second-order valence-corrected chi connectivity index (χ2v) is 14.1. The van der Waals surface area contributed by atoms with Crippen molar-refractivity contribution in [3.63, 3.8) is 0 Å². The van der Waals surface area contributed by atoms with E-state index in [1.54, 1.807) is 11.3 Å². The van der Waals surface area contributed by atoms with Crippen LogP contribution in [0.15, 0.2) is 182 Å². The molecule has 2 aromatic heterocycles. The minimum Gasteiger partial charge on any atom is -0.236 e. The first kappa shape index (κ1) is 31.0. The number of hydrogen-bond acceptors (Lipinski definition) is 5. The van der Waals surface area contributed by atoms with Crippen LogP contribution in [-0.4, -0.2) is 19.9 Å². The Labute approximate surface area is 310 Å². The Bertz CT molecular complexity index is 2880. The first-order chi connectivity index (χ1) is 26.2. The number of thiazole rings is 1. The van der Waals surface area contributed by atoms with Crippen LogP contribution in [0.25, 0.3) is 98.7 Å². The molecule has 0 radical (unpaired) electrons. The highest BCUT2D eigenvalue weighted by Crippen LogP contribution is 2.40. The average Bonchev–Trinajstić information content (AvgIpc) is 3.68. The van der Waals surface area contributed by atoms with Gasteiger partial charge in [0.2, 0.25) is 0 Å². The lowest BCUT2D eigenvalue weighted by Gasteiger charge is -2.15. The van der Waals surface area contributed by atoms with Crippen LogP contribution in [0, 0.1) is 0 Å². The summed E-state index contributed by atoms with van der Waals surface area (Å²) < 4.78 is 1.15. The molecule has 0 spiro atoms. The molecule has 2 heterocycles. The molecule has 0 unspecified atom stereocenters. The van der Waals surface area contributed by atoms with Crippen LogP contribution < -0.4 is 0 Å². The van der Waals surface area contributed by atoms with Gasteiger partial charge in [0.05, 0.1) is 10.2 Å². The monoisotopic (exact) mass is 694 g/mol. The molecule has 0 aliphatic heterocycles. The zero-order valence-electron chi connectivity index (χ0n) is 28.5. The molecule has 10 aromatic rings. The van der Waals surface area contributed by atoms with Crippen molar-refractivity contribution in [2.45, 2.75) is 0 Å². The van der Waals surface area contributed by atoms with Gasteiger partial charge < -0.3 is 0 Å². The van der Waals surface area contributed by atoms with Crippen LogP contribution in [0.1, 0.15) is 0 Å². The number of rotatable bonds is 6. The maximum atomic E-state index is 5.14. The first-order valence-corrected chi connectivity index (χ1v) is 18.4. The Kier molecular flexibility index (Phi) is 7.63. The second-order valence-electron chi connectivity index (χ2n) is 13.1. The summed E-state index contributed by atoms with van der Waals surface area (Å²) >= 11 is 1.72. The molecule has 53 heavy (non-hydrogen) atoms. The molecule has 8 aromatic carbocycles. The van der Waals surface area contributed by atoms with Crippen molar-refractivity contribution in [2.24, 2.45) is 0 Å². The van der Waals surface area contributed by atoms with Gasteiger partial charge >= 0.3 is 0 Å². The normalized spacial score (nSPS) is 11.4. The third kappa shape index (κ3) is 5.83. The highest BCUT2D eigenvalue weighted by molar-refractivity contribution is 7.21. The Hall–Kier alpha value is -6.82. The van der Waals surface area contributed by atoms with E-state index in [0.29, 0.717) is 17.5 Å². The molecule has 0 saturated carbocycles. The quantitative estimate of drug-likeness (QED) is 0.163. The standard InChI is InChI=1S/C48H30N4S/c1-4-14-31(15-5-1)45-50-46(32-16-6-2-7-17-32)52-47(51-45)38-27-36(34-24-25-44-43(30-34)49-48(53-44)33-18-8-3-9-19-33)26-37(28-38)42-29-35-20-10-11-21-39(35)40-22-12-13-23-41(40)42/h1-30H. The van der Waals surface area contributed by atoms with Crippen molar-refractivity contribution < 1.29 is 0 Å². The van der Waals surface area contributed by atoms with Gasteiger partial charge in [-0.15, -0.1) is 11.3 Å². The van der Waals surface area contributed by atoms with E-state index in [1.165, 1.54) is 21.5 Å². The largest absolute Gasteiger partial charge is 0.236 e. The average molecular weight is 695 g/mol. The van der Waals surface area contributed by atoms with Crippen molar-refractivity contribution >= 4 is 43.1 Å². The summed E-state index contributed by atoms with van der Waals surface area (Å²) in [6, 6.07) is 63.6. The van der Waals surface area contributed by atoms with Gasteiger partial charge in [-0.1, -0.05) is 146 Å². The summed E-state index contributed by atoms with van der Waals surface area (Å²) in [5.74, 6) is 1.89. The lowest BCUT2D eigenvalue weighted by molar-refractivity contribution is 1.07. The number of nitrogens with zero attached hydrogens (tertiary/aromatic N) is 4. The topological polar surface area (TPSA) is 51.6 Å². The maximum absolute atomic E-state index is 5.14. The van der Waals surface area contributed by atoms with Gasteiger partial charge in [0.1, 0.15) is 5.01 Å². The highest BCUT2D eigenvalue weighted by atomic mass is 32.1. The molecule has 0 aliphatic carbocycles. The van der Waals surface area contributed by atoms with E-state index in [4.69, 9.17) is 19.9 Å². The molecular formula is C48H30N4S. The molecule has 0 saturated heterocycles. The smallest absolute Gasteiger partial charge is 0.164 e. The number of hydrogen-bond donors (Lipinski definition) is 0. The van der Waals surface area contributed by atoms with Crippen LogP contribution in [-0.2, 0) is 0 Å². The summed E-state index contributed by atoms with van der Waals surface area (Å²) in [5, 5.41) is 5.87. The summed E-state index contributed by atoms with van der Waals surface area (Å²) in [6.07, 6.45) is 0. The zero-order chi connectivity index (χ0) is 35.1. The molecule has 0 aliphatic rings. The molecule has 248 valence electrons. The fraction of sp³-hybridized carbons (Fsp3) is 0. The van der Waals surface area contributed by atoms with Gasteiger partial charge in [-0.05, 0) is 80.2 Å². The van der Waals surface area contributed by atoms with Crippen LogP contribution in [0.2, 0.25) is 0 Å². The fourth-order valence-corrected chi connectivity index (χ4v) is 8.07. The Morgan fingerprint density at radius 1 is 0.321 bits per heavy atom. The molecule has 10 rings (SSSR count). The van der Waals surface area contributed by atoms with Crippen LogP contribution in [0.4, 0.5) is 0 Å². The van der Waals surface area contributed by atoms with Crippen molar-refractivity contribution in [1.82, 2.24) is 19.9 Å². The Morgan fingerprint density at radius 2 is 0.849 bits per heavy atom. The summed E-state index contributed by atoms with van der Waals surface area (Å²) in [5.41, 5.74) is 9.28. The number of aromatic nitrogens is 4. The fourth-order valence-electron chi connectivity index (χ4n) is 7.12. The second kappa shape index (κ2) is 13.1. The Morgan fingerprint density at radius 3 is 1.53 bits per heavy atom. The van der Waals surface area contributed by atoms with Crippen molar-refractivity contribution in [1.29, 1.82) is 0 Å². The van der Waals surface area contributed by atoms with Crippen LogP contribution in [0.5, 0.6) is 0 Å². The van der Waals surface area contributed by atoms with Crippen molar-refractivity contribution in [2.75, 3.05) is 0 Å². The molecule has 5 heteroatoms. The minimum absolute atomic E-state index is 0.618. The maximum Gasteiger partial charge on any atom is 0.164 e. The van der Waals surface area contributed by atoms with Gasteiger partial charge in [-0.25, -0.2) is 19.9 Å². The molecule has 0 fully saturated rings. The third-order valence-corrected chi connectivity index (χ3v) is 10.8. The van der Waals surface area contributed by atoms with E-state index in [2.05, 4.69) is 115 Å². The van der Waals surface area contributed by atoms with Crippen LogP contribution >= 0.6 is 11.3 Å². The number of benzene rings is 8. The zero-order valence-corrected chi connectivity index (χ0v) is 29.3. The molecule has 0 bridgehead atoms. The molecule has 4 nitrogen and oxygen atoms in total. The van der Waals surface area contributed by atoms with Gasteiger partial charge in [0.15, 0.2) is 17.5 Å². The Balaban J connectivity index is 1.22. The van der Waals surface area contributed by atoms with Gasteiger partial charge in [0, 0.05) is 22.3 Å². The molecule has 0 amide bonds. The summed E-state index contributed by atoms with van der Waals surface area (Å²) in [6.45, 7) is 0. The lowest BCUT2D eigenvalue weighted by Crippen LogP contribution is -2.00. The van der Waals surface area contributed by atoms with E-state index in [-0.39, 0.29) is 0 Å². The van der Waals surface area contributed by atoms with E-state index in [0.717, 1.165) is 59.7 Å². The molecule has 0 atom stereocenters. The van der Waals surface area contributed by atoms with Gasteiger partial charge in [-0.3, -0.25) is 0 Å². The first-order valence-electron chi connectivity index (χ1n) is 17.6. The predicted molar refractivity (Wildman–Crippen MR) is 221 cm³/mol. The predicted octanol–water partition coefficient (Wildman–Crippen LogP) is 12.8. The van der Waals surface area contributed by atoms with E-state index in [1.807, 2.05) is 66.7 Å². The third-order valence-electron chi connectivity index (χ3n) is 9.71.